The number of hydrogen-bond acceptors (Lipinski definition) is 6. The molecule has 3 saturated heterocycles. The summed E-state index contributed by atoms with van der Waals surface area (Å²) in [7, 11) is 1.79. The number of nitrogens with zero attached hydrogens (tertiary/aromatic N) is 6. The van der Waals surface area contributed by atoms with Crippen LogP contribution in [-0.2, 0) is 13.6 Å². The molecule has 3 aliphatic rings. The third kappa shape index (κ3) is 3.44. The van der Waals surface area contributed by atoms with E-state index >= 15 is 0 Å². The van der Waals surface area contributed by atoms with Crippen LogP contribution in [0.15, 0.2) is 28.5 Å². The molecule has 0 saturated carbocycles. The number of piperidine rings is 2. The lowest BCUT2D eigenvalue weighted by Gasteiger charge is -2.51. The molecule has 1 amide bonds. The van der Waals surface area contributed by atoms with Crippen molar-refractivity contribution in [3.8, 4) is 0 Å². The molecule has 3 aromatic heterocycles. The smallest absolute Gasteiger partial charge is 0.330 e. The summed E-state index contributed by atoms with van der Waals surface area (Å²) in [6.45, 7) is 8.50. The van der Waals surface area contributed by atoms with Crippen LogP contribution in [-0.4, -0.2) is 54.5 Å². The molecule has 3 fully saturated rings. The number of rotatable bonds is 3. The van der Waals surface area contributed by atoms with Gasteiger partial charge in [0.2, 0.25) is 0 Å². The molecule has 2 atom stereocenters. The number of pyridine rings is 1. The van der Waals surface area contributed by atoms with E-state index in [1.807, 2.05) is 27.0 Å². The minimum absolute atomic E-state index is 0.00320. The number of imidazole rings is 1. The van der Waals surface area contributed by atoms with Crippen LogP contribution in [0, 0.1) is 5.41 Å². The Morgan fingerprint density at radius 1 is 1.19 bits per heavy atom. The lowest BCUT2D eigenvalue weighted by atomic mass is 9.90. The van der Waals surface area contributed by atoms with Crippen LogP contribution in [0.1, 0.15) is 44.0 Å². The van der Waals surface area contributed by atoms with Crippen molar-refractivity contribution < 1.29 is 4.79 Å². The maximum absolute atomic E-state index is 12.9. The average molecular weight is 441 g/mol. The Balaban J connectivity index is 1.44. The summed E-state index contributed by atoms with van der Waals surface area (Å²) >= 11 is 1.31. The Kier molecular flexibility index (Phi) is 4.69. The SMILES string of the molecule is Cn1c(=O)n(CC(C)(C)C)c2ccc(N3CC4CCC3CN4C(=O)c3cnsc3)nc21. The molecule has 8 nitrogen and oxygen atoms in total. The minimum atomic E-state index is -0.0316. The van der Waals surface area contributed by atoms with Gasteiger partial charge in [-0.1, -0.05) is 20.8 Å². The number of aromatic nitrogens is 4. The first-order valence-corrected chi connectivity index (χ1v) is 11.6. The summed E-state index contributed by atoms with van der Waals surface area (Å²) in [5.41, 5.74) is 2.23. The minimum Gasteiger partial charge on any atom is -0.350 e. The second-order valence-electron chi connectivity index (χ2n) is 9.91. The Morgan fingerprint density at radius 2 is 1.97 bits per heavy atom. The molecular formula is C22H28N6O2S. The largest absolute Gasteiger partial charge is 0.350 e. The fourth-order valence-corrected chi connectivity index (χ4v) is 5.39. The van der Waals surface area contributed by atoms with Crippen molar-refractivity contribution in [3.63, 3.8) is 0 Å². The zero-order valence-electron chi connectivity index (χ0n) is 18.4. The Bertz CT molecular complexity index is 1190. The Morgan fingerprint density at radius 3 is 2.61 bits per heavy atom. The van der Waals surface area contributed by atoms with E-state index in [1.165, 1.54) is 11.5 Å². The predicted octanol–water partition coefficient (Wildman–Crippen LogP) is 2.73. The van der Waals surface area contributed by atoms with Crippen LogP contribution in [0.5, 0.6) is 0 Å². The summed E-state index contributed by atoms with van der Waals surface area (Å²) < 4.78 is 7.54. The van der Waals surface area contributed by atoms with Crippen molar-refractivity contribution in [2.45, 2.75) is 52.2 Å². The molecule has 0 aromatic carbocycles. The predicted molar refractivity (Wildman–Crippen MR) is 122 cm³/mol. The third-order valence-electron chi connectivity index (χ3n) is 6.36. The Labute approximate surface area is 185 Å². The van der Waals surface area contributed by atoms with E-state index < -0.39 is 0 Å². The summed E-state index contributed by atoms with van der Waals surface area (Å²) in [6, 6.07) is 4.45. The number of carbonyl (C=O) groups is 1. The van der Waals surface area contributed by atoms with Crippen LogP contribution in [0.25, 0.3) is 11.2 Å². The molecule has 0 spiro atoms. The number of fused-ring (bicyclic) bond motifs is 4. The van der Waals surface area contributed by atoms with E-state index in [0.29, 0.717) is 24.3 Å². The van der Waals surface area contributed by atoms with Gasteiger partial charge in [-0.3, -0.25) is 13.9 Å². The van der Waals surface area contributed by atoms with Crippen LogP contribution in [0.3, 0.4) is 0 Å². The second-order valence-corrected chi connectivity index (χ2v) is 10.6. The number of hydrogen-bond donors (Lipinski definition) is 0. The van der Waals surface area contributed by atoms with Gasteiger partial charge in [-0.05, 0) is 41.9 Å². The average Bonchev–Trinajstić information content (AvgIpc) is 3.36. The molecule has 31 heavy (non-hydrogen) atoms. The van der Waals surface area contributed by atoms with E-state index in [2.05, 4.69) is 30.0 Å². The lowest BCUT2D eigenvalue weighted by molar-refractivity contribution is 0.0504. The fourth-order valence-electron chi connectivity index (χ4n) is 4.88. The van der Waals surface area contributed by atoms with Gasteiger partial charge in [0, 0.05) is 44.1 Å². The maximum atomic E-state index is 12.9. The van der Waals surface area contributed by atoms with Crippen molar-refractivity contribution in [1.29, 1.82) is 0 Å². The van der Waals surface area contributed by atoms with E-state index in [4.69, 9.17) is 4.98 Å². The molecule has 2 bridgehead atoms. The van der Waals surface area contributed by atoms with Gasteiger partial charge in [-0.25, -0.2) is 14.2 Å². The zero-order chi connectivity index (χ0) is 21.9. The standard InChI is InChI=1S/C22H28N6O2S/c1-22(2,3)13-28-17-7-8-18(24-19(17)25(4)21(28)30)26-10-16-6-5-15(26)11-27(16)20(29)14-9-23-31-12-14/h7-9,12,15-16H,5-6,10-11,13H2,1-4H3. The molecule has 3 aliphatic heterocycles. The quantitative estimate of drug-likeness (QED) is 0.626. The normalized spacial score (nSPS) is 21.3. The van der Waals surface area contributed by atoms with E-state index in [0.717, 1.165) is 30.7 Å². The van der Waals surface area contributed by atoms with Gasteiger partial charge in [0.1, 0.15) is 5.82 Å². The van der Waals surface area contributed by atoms with Crippen molar-refractivity contribution in [3.05, 3.63) is 39.8 Å². The summed E-state index contributed by atoms with van der Waals surface area (Å²) in [5, 5.41) is 1.82. The van der Waals surface area contributed by atoms with Gasteiger partial charge in [0.15, 0.2) is 5.65 Å². The lowest BCUT2D eigenvalue weighted by Crippen LogP contribution is -2.64. The van der Waals surface area contributed by atoms with Crippen LogP contribution >= 0.6 is 11.5 Å². The molecule has 2 unspecified atom stereocenters. The van der Waals surface area contributed by atoms with Crippen molar-refractivity contribution in [2.75, 3.05) is 18.0 Å². The highest BCUT2D eigenvalue weighted by atomic mass is 32.1. The first-order chi connectivity index (χ1) is 14.7. The molecule has 9 heteroatoms. The van der Waals surface area contributed by atoms with Gasteiger partial charge < -0.3 is 9.80 Å². The molecule has 164 valence electrons. The number of amides is 1. The van der Waals surface area contributed by atoms with Gasteiger partial charge in [0.05, 0.1) is 17.3 Å². The molecule has 0 aliphatic carbocycles. The first kappa shape index (κ1) is 20.2. The number of anilines is 1. The van der Waals surface area contributed by atoms with Crippen molar-refractivity contribution >= 4 is 34.4 Å². The fraction of sp³-hybridized carbons (Fsp3) is 0.545. The summed E-state index contributed by atoms with van der Waals surface area (Å²) in [4.78, 5) is 34.9. The zero-order valence-corrected chi connectivity index (χ0v) is 19.2. The van der Waals surface area contributed by atoms with E-state index in [9.17, 15) is 9.59 Å². The van der Waals surface area contributed by atoms with E-state index in [-0.39, 0.29) is 29.1 Å². The molecule has 6 rings (SSSR count). The number of aryl methyl sites for hydroxylation is 1. The number of piperazine rings is 1. The van der Waals surface area contributed by atoms with Gasteiger partial charge in [-0.2, -0.15) is 0 Å². The summed E-state index contributed by atoms with van der Waals surface area (Å²) in [6.07, 6.45) is 3.71. The second kappa shape index (κ2) is 7.19. The van der Waals surface area contributed by atoms with Crippen LogP contribution in [0.2, 0.25) is 0 Å². The maximum Gasteiger partial charge on any atom is 0.330 e. The molecule has 3 aromatic rings. The highest BCUT2D eigenvalue weighted by Gasteiger charge is 2.42. The first-order valence-electron chi connectivity index (χ1n) is 10.8. The monoisotopic (exact) mass is 440 g/mol. The van der Waals surface area contributed by atoms with Crippen molar-refractivity contribution in [1.82, 2.24) is 23.4 Å². The molecular weight excluding hydrogens is 412 g/mol. The van der Waals surface area contributed by atoms with Gasteiger partial charge in [-0.15, -0.1) is 0 Å². The van der Waals surface area contributed by atoms with Gasteiger partial charge >= 0.3 is 5.69 Å². The number of carbonyl (C=O) groups excluding carboxylic acids is 1. The van der Waals surface area contributed by atoms with Crippen molar-refractivity contribution in [2.24, 2.45) is 12.5 Å². The topological polar surface area (TPSA) is 76.3 Å². The van der Waals surface area contributed by atoms with Gasteiger partial charge in [0.25, 0.3) is 5.91 Å². The van der Waals surface area contributed by atoms with E-state index in [1.54, 1.807) is 17.8 Å². The molecule has 0 N–H and O–H groups in total. The highest BCUT2D eigenvalue weighted by molar-refractivity contribution is 7.03. The van der Waals surface area contributed by atoms with Crippen LogP contribution < -0.4 is 10.6 Å². The summed E-state index contributed by atoms with van der Waals surface area (Å²) in [5.74, 6) is 0.961. The highest BCUT2D eigenvalue weighted by Crippen LogP contribution is 2.33. The molecule has 0 radical (unpaired) electrons. The third-order valence-corrected chi connectivity index (χ3v) is 6.95. The Hall–Kier alpha value is -2.68. The van der Waals surface area contributed by atoms with Crippen LogP contribution in [0.4, 0.5) is 5.82 Å². The molecule has 6 heterocycles.